The summed E-state index contributed by atoms with van der Waals surface area (Å²) in [6.45, 7) is 6.46. The van der Waals surface area contributed by atoms with E-state index in [4.69, 9.17) is 0 Å². The summed E-state index contributed by atoms with van der Waals surface area (Å²) >= 11 is 0. The van der Waals surface area contributed by atoms with E-state index in [1.807, 2.05) is 6.20 Å². The molecule has 0 saturated carbocycles. The van der Waals surface area contributed by atoms with Crippen molar-refractivity contribution < 1.29 is 0 Å². The molecular weight excluding hydrogens is 172 g/mol. The molecule has 1 heterocycles. The van der Waals surface area contributed by atoms with Crippen molar-refractivity contribution in [3.05, 3.63) is 29.4 Å². The lowest BCUT2D eigenvalue weighted by Crippen LogP contribution is -2.08. The Morgan fingerprint density at radius 1 is 1.43 bits per heavy atom. The molecule has 1 aromatic rings. The van der Waals surface area contributed by atoms with Crippen LogP contribution < -0.4 is 0 Å². The second-order valence-corrected chi connectivity index (χ2v) is 4.33. The number of hydrogen-bond acceptors (Lipinski definition) is 2. The molecule has 1 unspecified atom stereocenters. The average Bonchev–Trinajstić information content (AvgIpc) is 2.16. The van der Waals surface area contributed by atoms with Gasteiger partial charge >= 0.3 is 0 Å². The molecule has 0 radical (unpaired) electrons. The smallest absolute Gasteiger partial charge is 0.131 e. The number of hydrogen-bond donors (Lipinski definition) is 0. The van der Waals surface area contributed by atoms with Gasteiger partial charge in [0.15, 0.2) is 0 Å². The molecule has 0 amide bonds. The second kappa shape index (κ2) is 3.52. The molecule has 1 aliphatic carbocycles. The summed E-state index contributed by atoms with van der Waals surface area (Å²) in [5.41, 5.74) is 2.39. The van der Waals surface area contributed by atoms with Gasteiger partial charge in [-0.15, -0.1) is 0 Å². The van der Waals surface area contributed by atoms with Crippen LogP contribution in [0.1, 0.15) is 43.8 Å². The fourth-order valence-corrected chi connectivity index (χ4v) is 1.68. The molecular formula is C12H16N2. The van der Waals surface area contributed by atoms with Crippen molar-refractivity contribution >= 4 is 6.08 Å². The molecule has 0 aliphatic heterocycles. The molecule has 0 N–H and O–H groups in total. The highest BCUT2D eigenvalue weighted by atomic mass is 14.9. The number of fused-ring (bicyclic) bond motifs is 1. The van der Waals surface area contributed by atoms with Gasteiger partial charge in [-0.1, -0.05) is 26.8 Å². The van der Waals surface area contributed by atoms with Gasteiger partial charge in [-0.2, -0.15) is 0 Å². The first-order valence-electron chi connectivity index (χ1n) is 5.21. The van der Waals surface area contributed by atoms with Crippen molar-refractivity contribution in [3.63, 3.8) is 0 Å². The number of allylic oxidation sites excluding steroid dienone is 1. The third kappa shape index (κ3) is 1.69. The molecule has 0 bridgehead atoms. The van der Waals surface area contributed by atoms with Gasteiger partial charge in [0.25, 0.3) is 0 Å². The van der Waals surface area contributed by atoms with Gasteiger partial charge in [-0.05, 0) is 24.0 Å². The average molecular weight is 188 g/mol. The SMILES string of the molecule is CC1C=Cc2nc(C(C)C)ncc2C1. The van der Waals surface area contributed by atoms with Crippen LogP contribution in [0.15, 0.2) is 12.3 Å². The summed E-state index contributed by atoms with van der Waals surface area (Å²) in [6, 6.07) is 0. The molecule has 2 rings (SSSR count). The van der Waals surface area contributed by atoms with Crippen LogP contribution in [0.25, 0.3) is 6.08 Å². The number of rotatable bonds is 1. The molecule has 2 nitrogen and oxygen atoms in total. The zero-order valence-corrected chi connectivity index (χ0v) is 8.99. The summed E-state index contributed by atoms with van der Waals surface area (Å²) in [5, 5.41) is 0. The highest BCUT2D eigenvalue weighted by Crippen LogP contribution is 2.21. The minimum absolute atomic E-state index is 0.410. The Kier molecular flexibility index (Phi) is 2.36. The van der Waals surface area contributed by atoms with Crippen molar-refractivity contribution in [2.75, 3.05) is 0 Å². The van der Waals surface area contributed by atoms with E-state index in [0.717, 1.165) is 17.9 Å². The molecule has 1 aliphatic rings. The predicted octanol–water partition coefficient (Wildman–Crippen LogP) is 2.81. The van der Waals surface area contributed by atoms with E-state index in [1.165, 1.54) is 5.56 Å². The Labute approximate surface area is 85.1 Å². The molecule has 0 fully saturated rings. The van der Waals surface area contributed by atoms with E-state index in [1.54, 1.807) is 0 Å². The summed E-state index contributed by atoms with van der Waals surface area (Å²) < 4.78 is 0. The summed E-state index contributed by atoms with van der Waals surface area (Å²) in [7, 11) is 0. The van der Waals surface area contributed by atoms with Gasteiger partial charge in [-0.3, -0.25) is 0 Å². The lowest BCUT2D eigenvalue weighted by Gasteiger charge is -2.15. The van der Waals surface area contributed by atoms with E-state index < -0.39 is 0 Å². The van der Waals surface area contributed by atoms with Crippen LogP contribution in [0.2, 0.25) is 0 Å². The molecule has 74 valence electrons. The summed E-state index contributed by atoms with van der Waals surface area (Å²) in [5.74, 6) is 1.98. The molecule has 14 heavy (non-hydrogen) atoms. The van der Waals surface area contributed by atoms with Crippen LogP contribution in [0, 0.1) is 5.92 Å². The highest BCUT2D eigenvalue weighted by Gasteiger charge is 2.13. The first-order valence-corrected chi connectivity index (χ1v) is 5.21. The normalized spacial score (nSPS) is 19.9. The summed E-state index contributed by atoms with van der Waals surface area (Å²) in [4.78, 5) is 8.93. The molecule has 0 aromatic carbocycles. The van der Waals surface area contributed by atoms with Crippen LogP contribution in [0.3, 0.4) is 0 Å². The zero-order chi connectivity index (χ0) is 10.1. The second-order valence-electron chi connectivity index (χ2n) is 4.33. The van der Waals surface area contributed by atoms with Crippen LogP contribution in [0.5, 0.6) is 0 Å². The van der Waals surface area contributed by atoms with Gasteiger partial charge in [0.1, 0.15) is 5.82 Å². The maximum absolute atomic E-state index is 4.55. The first-order chi connectivity index (χ1) is 6.66. The highest BCUT2D eigenvalue weighted by molar-refractivity contribution is 5.52. The van der Waals surface area contributed by atoms with Gasteiger partial charge < -0.3 is 0 Å². The molecule has 0 spiro atoms. The number of nitrogens with zero attached hydrogens (tertiary/aromatic N) is 2. The van der Waals surface area contributed by atoms with Crippen LogP contribution in [-0.4, -0.2) is 9.97 Å². The Hall–Kier alpha value is -1.18. The quantitative estimate of drug-likeness (QED) is 0.677. The van der Waals surface area contributed by atoms with Crippen LogP contribution in [-0.2, 0) is 6.42 Å². The zero-order valence-electron chi connectivity index (χ0n) is 8.99. The standard InChI is InChI=1S/C12H16N2/c1-8(2)12-13-7-10-6-9(3)4-5-11(10)14-12/h4-5,7-9H,6H2,1-3H3. The lowest BCUT2D eigenvalue weighted by molar-refractivity contribution is 0.694. The van der Waals surface area contributed by atoms with Crippen molar-refractivity contribution in [2.24, 2.45) is 5.92 Å². The first kappa shape index (κ1) is 9.38. The summed E-state index contributed by atoms with van der Waals surface area (Å²) in [6.07, 6.45) is 7.40. The topological polar surface area (TPSA) is 25.8 Å². The monoisotopic (exact) mass is 188 g/mol. The Balaban J connectivity index is 2.39. The minimum Gasteiger partial charge on any atom is -0.241 e. The Morgan fingerprint density at radius 3 is 2.93 bits per heavy atom. The fourth-order valence-electron chi connectivity index (χ4n) is 1.68. The van der Waals surface area contributed by atoms with Gasteiger partial charge in [-0.25, -0.2) is 9.97 Å². The minimum atomic E-state index is 0.410. The van der Waals surface area contributed by atoms with Crippen molar-refractivity contribution in [1.29, 1.82) is 0 Å². The van der Waals surface area contributed by atoms with E-state index in [-0.39, 0.29) is 0 Å². The molecule has 2 heteroatoms. The third-order valence-electron chi connectivity index (χ3n) is 2.56. The van der Waals surface area contributed by atoms with Crippen molar-refractivity contribution in [1.82, 2.24) is 9.97 Å². The Bertz CT molecular complexity index is 367. The molecule has 1 atom stereocenters. The lowest BCUT2D eigenvalue weighted by atomic mass is 9.95. The van der Waals surface area contributed by atoms with Gasteiger partial charge in [0, 0.05) is 12.1 Å². The Morgan fingerprint density at radius 2 is 2.21 bits per heavy atom. The number of aromatic nitrogens is 2. The molecule has 0 saturated heterocycles. The fraction of sp³-hybridized carbons (Fsp3) is 0.500. The van der Waals surface area contributed by atoms with Gasteiger partial charge in [0.2, 0.25) is 0 Å². The largest absolute Gasteiger partial charge is 0.241 e. The van der Waals surface area contributed by atoms with Crippen molar-refractivity contribution in [3.8, 4) is 0 Å². The predicted molar refractivity (Wildman–Crippen MR) is 58.0 cm³/mol. The molecule has 1 aromatic heterocycles. The third-order valence-corrected chi connectivity index (χ3v) is 2.56. The van der Waals surface area contributed by atoms with Crippen molar-refractivity contribution in [2.45, 2.75) is 33.1 Å². The van der Waals surface area contributed by atoms with E-state index in [9.17, 15) is 0 Å². The van der Waals surface area contributed by atoms with Crippen LogP contribution >= 0.6 is 0 Å². The van der Waals surface area contributed by atoms with Gasteiger partial charge in [0.05, 0.1) is 5.69 Å². The van der Waals surface area contributed by atoms with Crippen LogP contribution in [0.4, 0.5) is 0 Å². The maximum Gasteiger partial charge on any atom is 0.131 e. The van der Waals surface area contributed by atoms with E-state index >= 15 is 0 Å². The van der Waals surface area contributed by atoms with E-state index in [2.05, 4.69) is 42.9 Å². The maximum atomic E-state index is 4.55. The van der Waals surface area contributed by atoms with E-state index in [0.29, 0.717) is 11.8 Å².